The standard InChI is InChI=1S/C23H28Cl2N2O3/c1-15(2)12-26-23(29)17(4)27(13-18-7-5-6-16(3)10-18)22(28)14-30-21-9-8-19(24)11-20(21)25/h5-11,15,17H,12-14H2,1-4H3,(H,26,29)/t17-/m0/s1. The average molecular weight is 451 g/mol. The third kappa shape index (κ3) is 7.22. The number of rotatable bonds is 9. The first-order valence-electron chi connectivity index (χ1n) is 9.88. The van der Waals surface area contributed by atoms with Gasteiger partial charge in [0.1, 0.15) is 11.8 Å². The summed E-state index contributed by atoms with van der Waals surface area (Å²) in [5.41, 5.74) is 2.03. The summed E-state index contributed by atoms with van der Waals surface area (Å²) >= 11 is 12.0. The van der Waals surface area contributed by atoms with Gasteiger partial charge < -0.3 is 15.0 Å². The first-order valence-corrected chi connectivity index (χ1v) is 10.6. The van der Waals surface area contributed by atoms with Crippen molar-refractivity contribution >= 4 is 35.0 Å². The van der Waals surface area contributed by atoms with Crippen LogP contribution in [0.3, 0.4) is 0 Å². The fourth-order valence-corrected chi connectivity index (χ4v) is 3.32. The van der Waals surface area contributed by atoms with Gasteiger partial charge in [0.2, 0.25) is 5.91 Å². The van der Waals surface area contributed by atoms with Crippen LogP contribution in [0.1, 0.15) is 31.9 Å². The Morgan fingerprint density at radius 2 is 1.83 bits per heavy atom. The number of aryl methyl sites for hydroxylation is 1. The van der Waals surface area contributed by atoms with Crippen LogP contribution in [0.25, 0.3) is 0 Å². The second kappa shape index (κ2) is 11.2. The average Bonchev–Trinajstić information content (AvgIpc) is 2.68. The Bertz CT molecular complexity index is 887. The summed E-state index contributed by atoms with van der Waals surface area (Å²) < 4.78 is 5.61. The van der Waals surface area contributed by atoms with Gasteiger partial charge in [-0.15, -0.1) is 0 Å². The van der Waals surface area contributed by atoms with E-state index in [1.54, 1.807) is 25.1 Å². The molecule has 0 saturated carbocycles. The zero-order chi connectivity index (χ0) is 22.3. The number of amides is 2. The third-order valence-electron chi connectivity index (χ3n) is 4.53. The van der Waals surface area contributed by atoms with E-state index < -0.39 is 6.04 Å². The summed E-state index contributed by atoms with van der Waals surface area (Å²) in [6.45, 7) is 8.35. The fraction of sp³-hybridized carbons (Fsp3) is 0.391. The smallest absolute Gasteiger partial charge is 0.261 e. The van der Waals surface area contributed by atoms with Crippen LogP contribution in [-0.2, 0) is 16.1 Å². The third-order valence-corrected chi connectivity index (χ3v) is 5.06. The molecular weight excluding hydrogens is 423 g/mol. The second-order valence-electron chi connectivity index (χ2n) is 7.69. The highest BCUT2D eigenvalue weighted by Gasteiger charge is 2.26. The minimum atomic E-state index is -0.652. The first-order chi connectivity index (χ1) is 14.2. The van der Waals surface area contributed by atoms with Crippen molar-refractivity contribution in [2.75, 3.05) is 13.2 Å². The zero-order valence-corrected chi connectivity index (χ0v) is 19.3. The summed E-state index contributed by atoms with van der Waals surface area (Å²) in [7, 11) is 0. The van der Waals surface area contributed by atoms with Crippen LogP contribution in [-0.4, -0.2) is 35.9 Å². The lowest BCUT2D eigenvalue weighted by atomic mass is 10.1. The van der Waals surface area contributed by atoms with Crippen molar-refractivity contribution < 1.29 is 14.3 Å². The maximum atomic E-state index is 13.0. The molecule has 0 bridgehead atoms. The Hall–Kier alpha value is -2.24. The van der Waals surface area contributed by atoms with Crippen molar-refractivity contribution in [3.63, 3.8) is 0 Å². The number of hydrogen-bond acceptors (Lipinski definition) is 3. The Labute approximate surface area is 188 Å². The molecular formula is C23H28Cl2N2O3. The molecule has 0 saturated heterocycles. The van der Waals surface area contributed by atoms with E-state index in [1.807, 2.05) is 45.0 Å². The van der Waals surface area contributed by atoms with Gasteiger partial charge in [-0.3, -0.25) is 9.59 Å². The van der Waals surface area contributed by atoms with Crippen LogP contribution in [0.5, 0.6) is 5.75 Å². The predicted octanol–water partition coefficient (Wildman–Crippen LogP) is 4.87. The van der Waals surface area contributed by atoms with Crippen LogP contribution in [0, 0.1) is 12.8 Å². The first kappa shape index (κ1) is 24.0. The highest BCUT2D eigenvalue weighted by atomic mass is 35.5. The molecule has 7 heteroatoms. The molecule has 0 aliphatic rings. The fourth-order valence-electron chi connectivity index (χ4n) is 2.86. The highest BCUT2D eigenvalue weighted by Crippen LogP contribution is 2.27. The van der Waals surface area contributed by atoms with Crippen molar-refractivity contribution in [2.45, 2.75) is 40.3 Å². The number of ether oxygens (including phenoxy) is 1. The lowest BCUT2D eigenvalue weighted by molar-refractivity contribution is -0.142. The highest BCUT2D eigenvalue weighted by molar-refractivity contribution is 6.35. The van der Waals surface area contributed by atoms with Crippen LogP contribution < -0.4 is 10.1 Å². The van der Waals surface area contributed by atoms with Gasteiger partial charge in [-0.2, -0.15) is 0 Å². The number of nitrogens with zero attached hydrogens (tertiary/aromatic N) is 1. The topological polar surface area (TPSA) is 58.6 Å². The largest absolute Gasteiger partial charge is 0.482 e. The molecule has 0 fully saturated rings. The molecule has 0 unspecified atom stereocenters. The molecule has 0 radical (unpaired) electrons. The lowest BCUT2D eigenvalue weighted by Gasteiger charge is -2.29. The molecule has 0 aromatic heterocycles. The zero-order valence-electron chi connectivity index (χ0n) is 17.7. The number of carbonyl (C=O) groups excluding carboxylic acids is 2. The molecule has 30 heavy (non-hydrogen) atoms. The van der Waals surface area contributed by atoms with Crippen molar-refractivity contribution in [2.24, 2.45) is 5.92 Å². The molecule has 2 rings (SSSR count). The van der Waals surface area contributed by atoms with E-state index in [9.17, 15) is 9.59 Å². The summed E-state index contributed by atoms with van der Waals surface area (Å²) in [6.07, 6.45) is 0. The number of nitrogens with one attached hydrogen (secondary N) is 1. The van der Waals surface area contributed by atoms with E-state index in [-0.39, 0.29) is 18.4 Å². The van der Waals surface area contributed by atoms with E-state index in [0.29, 0.717) is 34.8 Å². The van der Waals surface area contributed by atoms with Crippen LogP contribution in [0.2, 0.25) is 10.0 Å². The van der Waals surface area contributed by atoms with Gasteiger partial charge in [-0.05, 0) is 43.5 Å². The van der Waals surface area contributed by atoms with Gasteiger partial charge in [-0.1, -0.05) is 66.9 Å². The van der Waals surface area contributed by atoms with Gasteiger partial charge in [-0.25, -0.2) is 0 Å². The van der Waals surface area contributed by atoms with E-state index in [2.05, 4.69) is 5.32 Å². The quantitative estimate of drug-likeness (QED) is 0.592. The van der Waals surface area contributed by atoms with Crippen LogP contribution in [0.4, 0.5) is 0 Å². The molecule has 162 valence electrons. The summed E-state index contributed by atoms with van der Waals surface area (Å²) in [5, 5.41) is 3.70. The summed E-state index contributed by atoms with van der Waals surface area (Å²) in [4.78, 5) is 27.2. The van der Waals surface area contributed by atoms with Crippen molar-refractivity contribution in [3.05, 3.63) is 63.6 Å². The molecule has 2 aromatic rings. The van der Waals surface area contributed by atoms with Crippen LogP contribution in [0.15, 0.2) is 42.5 Å². The lowest BCUT2D eigenvalue weighted by Crippen LogP contribution is -2.49. The van der Waals surface area contributed by atoms with Gasteiger partial charge >= 0.3 is 0 Å². The number of carbonyl (C=O) groups is 2. The second-order valence-corrected chi connectivity index (χ2v) is 8.53. The number of halogens is 2. The van der Waals surface area contributed by atoms with Gasteiger partial charge in [0.05, 0.1) is 5.02 Å². The minimum absolute atomic E-state index is 0.200. The molecule has 2 amide bonds. The van der Waals surface area contributed by atoms with Gasteiger partial charge in [0.15, 0.2) is 6.61 Å². The SMILES string of the molecule is Cc1cccc(CN(C(=O)COc2ccc(Cl)cc2Cl)[C@@H](C)C(=O)NCC(C)C)c1. The molecule has 5 nitrogen and oxygen atoms in total. The minimum Gasteiger partial charge on any atom is -0.482 e. The molecule has 0 spiro atoms. The molecule has 1 N–H and O–H groups in total. The Morgan fingerprint density at radius 3 is 2.47 bits per heavy atom. The van der Waals surface area contributed by atoms with E-state index in [1.165, 1.54) is 4.90 Å². The molecule has 0 aliphatic carbocycles. The molecule has 1 atom stereocenters. The van der Waals surface area contributed by atoms with Crippen molar-refractivity contribution in [1.29, 1.82) is 0 Å². The van der Waals surface area contributed by atoms with Crippen LogP contribution >= 0.6 is 23.2 Å². The van der Waals surface area contributed by atoms with Gasteiger partial charge in [0, 0.05) is 18.1 Å². The Morgan fingerprint density at radius 1 is 1.10 bits per heavy atom. The predicted molar refractivity (Wildman–Crippen MR) is 121 cm³/mol. The Kier molecular flexibility index (Phi) is 9.00. The van der Waals surface area contributed by atoms with Gasteiger partial charge in [0.25, 0.3) is 5.91 Å². The number of benzene rings is 2. The Balaban J connectivity index is 2.15. The monoisotopic (exact) mass is 450 g/mol. The number of hydrogen-bond donors (Lipinski definition) is 1. The van der Waals surface area contributed by atoms with E-state index in [0.717, 1.165) is 11.1 Å². The van der Waals surface area contributed by atoms with Crippen molar-refractivity contribution in [1.82, 2.24) is 10.2 Å². The molecule has 0 aliphatic heterocycles. The maximum absolute atomic E-state index is 13.0. The molecule has 2 aromatic carbocycles. The van der Waals surface area contributed by atoms with E-state index in [4.69, 9.17) is 27.9 Å². The maximum Gasteiger partial charge on any atom is 0.261 e. The van der Waals surface area contributed by atoms with E-state index >= 15 is 0 Å². The normalized spacial score (nSPS) is 11.8. The summed E-state index contributed by atoms with van der Waals surface area (Å²) in [6, 6.07) is 12.0. The molecule has 0 heterocycles. The van der Waals surface area contributed by atoms with Crippen molar-refractivity contribution in [3.8, 4) is 5.75 Å². The summed E-state index contributed by atoms with van der Waals surface area (Å²) in [5.74, 6) is 0.170.